The molecule has 0 spiro atoms. The standard InChI is InChI=1S/C19H18ClN5/c1-12(21)9-17(22)24-18-10-13-5-2-3-8-16(13)19(25-18)23-15-7-4-6-14(20)11-15/h2-11H,21H2,1H3,(H3,22,23,24,25)/b12-9-. The van der Waals surface area contributed by atoms with Crippen LogP contribution in [0.15, 0.2) is 71.4 Å². The summed E-state index contributed by atoms with van der Waals surface area (Å²) in [5.74, 6) is 1.48. The van der Waals surface area contributed by atoms with Crippen LogP contribution in [-0.4, -0.2) is 10.8 Å². The molecule has 3 rings (SSSR count). The van der Waals surface area contributed by atoms with Crippen LogP contribution in [-0.2, 0) is 0 Å². The van der Waals surface area contributed by atoms with Gasteiger partial charge in [0.25, 0.3) is 0 Å². The molecule has 0 unspecified atom stereocenters. The number of aromatic nitrogens is 1. The number of hydrogen-bond donors (Lipinski definition) is 3. The van der Waals surface area contributed by atoms with E-state index in [1.54, 1.807) is 13.0 Å². The van der Waals surface area contributed by atoms with Gasteiger partial charge in [0.05, 0.1) is 0 Å². The molecule has 3 aromatic rings. The van der Waals surface area contributed by atoms with Crippen LogP contribution >= 0.6 is 11.6 Å². The average Bonchev–Trinajstić information content (AvgIpc) is 2.54. The number of allylic oxidation sites excluding steroid dienone is 1. The molecule has 126 valence electrons. The largest absolute Gasteiger partial charge is 0.402 e. The van der Waals surface area contributed by atoms with Crippen LogP contribution in [0, 0.1) is 0 Å². The second-order valence-electron chi connectivity index (χ2n) is 5.61. The van der Waals surface area contributed by atoms with E-state index in [2.05, 4.69) is 15.3 Å². The van der Waals surface area contributed by atoms with Crippen LogP contribution in [0.1, 0.15) is 6.92 Å². The molecular weight excluding hydrogens is 334 g/mol. The van der Waals surface area contributed by atoms with Gasteiger partial charge in [-0.15, -0.1) is 0 Å². The Labute approximate surface area is 151 Å². The molecule has 0 amide bonds. The lowest BCUT2D eigenvalue weighted by Crippen LogP contribution is -2.10. The molecule has 0 radical (unpaired) electrons. The van der Waals surface area contributed by atoms with Gasteiger partial charge in [-0.25, -0.2) is 9.98 Å². The Balaban J connectivity index is 2.08. The second-order valence-corrected chi connectivity index (χ2v) is 6.05. The molecule has 2 aromatic carbocycles. The molecule has 6 heteroatoms. The number of nitrogens with one attached hydrogen (secondary N) is 1. The van der Waals surface area contributed by atoms with E-state index in [-0.39, 0.29) is 0 Å². The quantitative estimate of drug-likeness (QED) is 0.477. The topological polar surface area (TPSA) is 89.3 Å². The maximum atomic E-state index is 6.06. The summed E-state index contributed by atoms with van der Waals surface area (Å²) in [6.07, 6.45) is 1.60. The van der Waals surface area contributed by atoms with E-state index in [4.69, 9.17) is 23.1 Å². The van der Waals surface area contributed by atoms with Crippen LogP contribution in [0.2, 0.25) is 5.02 Å². The first-order chi connectivity index (χ1) is 12.0. The van der Waals surface area contributed by atoms with Crippen molar-refractivity contribution in [1.29, 1.82) is 0 Å². The molecule has 0 aliphatic rings. The number of hydrogen-bond acceptors (Lipinski definition) is 4. The fraction of sp³-hybridized carbons (Fsp3) is 0.0526. The first-order valence-corrected chi connectivity index (χ1v) is 8.09. The van der Waals surface area contributed by atoms with Crippen molar-refractivity contribution in [2.24, 2.45) is 16.5 Å². The van der Waals surface area contributed by atoms with Crippen molar-refractivity contribution >= 4 is 45.5 Å². The van der Waals surface area contributed by atoms with Crippen LogP contribution in [0.25, 0.3) is 10.8 Å². The molecule has 1 heterocycles. The minimum Gasteiger partial charge on any atom is -0.402 e. The number of aliphatic imine (C=N–C) groups is 1. The van der Waals surface area contributed by atoms with Crippen molar-refractivity contribution in [3.05, 3.63) is 71.4 Å². The number of benzene rings is 2. The molecular formula is C19H18ClN5. The number of nitrogens with zero attached hydrogens (tertiary/aromatic N) is 2. The normalized spacial score (nSPS) is 12.4. The lowest BCUT2D eigenvalue weighted by molar-refractivity contribution is 1.27. The first-order valence-electron chi connectivity index (χ1n) is 7.71. The van der Waals surface area contributed by atoms with Gasteiger partial charge >= 0.3 is 0 Å². The second kappa shape index (κ2) is 7.23. The van der Waals surface area contributed by atoms with E-state index in [1.807, 2.05) is 54.6 Å². The molecule has 0 atom stereocenters. The van der Waals surface area contributed by atoms with Gasteiger partial charge in [-0.2, -0.15) is 0 Å². The Morgan fingerprint density at radius 3 is 2.68 bits per heavy atom. The third kappa shape index (κ3) is 4.28. The van der Waals surface area contributed by atoms with Crippen molar-refractivity contribution in [3.8, 4) is 0 Å². The van der Waals surface area contributed by atoms with Crippen molar-refractivity contribution in [1.82, 2.24) is 4.98 Å². The molecule has 1 aromatic heterocycles. The highest BCUT2D eigenvalue weighted by Crippen LogP contribution is 2.29. The number of amidine groups is 1. The number of fused-ring (bicyclic) bond motifs is 1. The summed E-state index contributed by atoms with van der Waals surface area (Å²) < 4.78 is 0. The monoisotopic (exact) mass is 351 g/mol. The van der Waals surface area contributed by atoms with Gasteiger partial charge in [-0.1, -0.05) is 41.9 Å². The van der Waals surface area contributed by atoms with Gasteiger partial charge in [0.2, 0.25) is 0 Å². The minimum atomic E-state index is 0.302. The zero-order valence-corrected chi connectivity index (χ0v) is 14.5. The Kier molecular flexibility index (Phi) is 4.86. The van der Waals surface area contributed by atoms with E-state index in [9.17, 15) is 0 Å². The third-order valence-electron chi connectivity index (χ3n) is 3.43. The van der Waals surface area contributed by atoms with Crippen LogP contribution in [0.5, 0.6) is 0 Å². The van der Waals surface area contributed by atoms with E-state index >= 15 is 0 Å². The van der Waals surface area contributed by atoms with Gasteiger partial charge in [-0.3, -0.25) is 0 Å². The number of pyridine rings is 1. The van der Waals surface area contributed by atoms with Crippen molar-refractivity contribution in [2.75, 3.05) is 5.32 Å². The van der Waals surface area contributed by atoms with Crippen molar-refractivity contribution in [2.45, 2.75) is 6.92 Å². The summed E-state index contributed by atoms with van der Waals surface area (Å²) in [5.41, 5.74) is 13.0. The SMILES string of the molecule is C/C(N)=C/C(N)=N\c1cc2ccccc2c(Nc2cccc(Cl)c2)n1. The Bertz CT molecular complexity index is 974. The molecule has 0 aliphatic heterocycles. The predicted octanol–water partition coefficient (Wildman–Crippen LogP) is 4.48. The fourth-order valence-electron chi connectivity index (χ4n) is 2.44. The molecule has 0 saturated carbocycles. The average molecular weight is 352 g/mol. The first kappa shape index (κ1) is 16.8. The van der Waals surface area contributed by atoms with Gasteiger partial charge in [0.15, 0.2) is 5.82 Å². The summed E-state index contributed by atoms with van der Waals surface area (Å²) in [6, 6.07) is 17.3. The highest BCUT2D eigenvalue weighted by atomic mass is 35.5. The van der Waals surface area contributed by atoms with Gasteiger partial charge in [-0.05, 0) is 42.7 Å². The number of rotatable bonds is 4. The zero-order chi connectivity index (χ0) is 17.8. The number of anilines is 2. The highest BCUT2D eigenvalue weighted by Gasteiger charge is 2.07. The molecule has 5 N–H and O–H groups in total. The summed E-state index contributed by atoms with van der Waals surface area (Å²) in [7, 11) is 0. The van der Waals surface area contributed by atoms with E-state index in [0.29, 0.717) is 28.2 Å². The van der Waals surface area contributed by atoms with E-state index in [1.165, 1.54) is 0 Å². The van der Waals surface area contributed by atoms with Crippen LogP contribution < -0.4 is 16.8 Å². The summed E-state index contributed by atoms with van der Waals surface area (Å²) >= 11 is 6.06. The van der Waals surface area contributed by atoms with Gasteiger partial charge in [0.1, 0.15) is 11.7 Å². The maximum Gasteiger partial charge on any atom is 0.157 e. The predicted molar refractivity (Wildman–Crippen MR) is 106 cm³/mol. The minimum absolute atomic E-state index is 0.302. The molecule has 25 heavy (non-hydrogen) atoms. The Morgan fingerprint density at radius 1 is 1.12 bits per heavy atom. The van der Waals surface area contributed by atoms with Gasteiger partial charge < -0.3 is 16.8 Å². The Morgan fingerprint density at radius 2 is 1.92 bits per heavy atom. The summed E-state index contributed by atoms with van der Waals surface area (Å²) in [4.78, 5) is 8.91. The third-order valence-corrected chi connectivity index (χ3v) is 3.67. The summed E-state index contributed by atoms with van der Waals surface area (Å²) in [5, 5.41) is 5.92. The Hall–Kier alpha value is -3.05. The lowest BCUT2D eigenvalue weighted by atomic mass is 10.1. The molecule has 5 nitrogen and oxygen atoms in total. The summed E-state index contributed by atoms with van der Waals surface area (Å²) in [6.45, 7) is 1.75. The highest BCUT2D eigenvalue weighted by molar-refractivity contribution is 6.30. The van der Waals surface area contributed by atoms with Crippen LogP contribution in [0.3, 0.4) is 0 Å². The van der Waals surface area contributed by atoms with Crippen molar-refractivity contribution < 1.29 is 0 Å². The lowest BCUT2D eigenvalue weighted by Gasteiger charge is -2.10. The van der Waals surface area contributed by atoms with E-state index in [0.717, 1.165) is 16.5 Å². The number of nitrogens with two attached hydrogens (primary N) is 2. The maximum absolute atomic E-state index is 6.06. The van der Waals surface area contributed by atoms with Crippen molar-refractivity contribution in [3.63, 3.8) is 0 Å². The molecule has 0 fully saturated rings. The van der Waals surface area contributed by atoms with Crippen LogP contribution in [0.4, 0.5) is 17.3 Å². The molecule has 0 bridgehead atoms. The number of halogens is 1. The zero-order valence-electron chi connectivity index (χ0n) is 13.7. The van der Waals surface area contributed by atoms with Gasteiger partial charge in [0, 0.05) is 21.8 Å². The molecule has 0 saturated heterocycles. The fourth-order valence-corrected chi connectivity index (χ4v) is 2.63. The molecule has 0 aliphatic carbocycles. The van der Waals surface area contributed by atoms with E-state index < -0.39 is 0 Å². The smallest absolute Gasteiger partial charge is 0.157 e.